The van der Waals surface area contributed by atoms with Crippen molar-refractivity contribution >= 4 is 5.78 Å². The predicted molar refractivity (Wildman–Crippen MR) is 56.2 cm³/mol. The lowest BCUT2D eigenvalue weighted by molar-refractivity contribution is 0.0927. The Balaban J connectivity index is 2.81. The van der Waals surface area contributed by atoms with E-state index in [1.807, 2.05) is 13.8 Å². The SMILES string of the molecule is CCC(C)C(=O)c1ccc(CO)cc1. The molecule has 0 fully saturated rings. The zero-order valence-electron chi connectivity index (χ0n) is 8.66. The highest BCUT2D eigenvalue weighted by Gasteiger charge is 2.12. The summed E-state index contributed by atoms with van der Waals surface area (Å²) in [6.45, 7) is 3.96. The van der Waals surface area contributed by atoms with Gasteiger partial charge in [-0.2, -0.15) is 0 Å². The second kappa shape index (κ2) is 4.91. The number of carbonyl (C=O) groups is 1. The Morgan fingerprint density at radius 1 is 1.36 bits per heavy atom. The smallest absolute Gasteiger partial charge is 0.165 e. The minimum absolute atomic E-state index is 0.0256. The van der Waals surface area contributed by atoms with Gasteiger partial charge >= 0.3 is 0 Å². The maximum Gasteiger partial charge on any atom is 0.165 e. The molecule has 1 aromatic carbocycles. The number of benzene rings is 1. The Morgan fingerprint density at radius 2 is 1.93 bits per heavy atom. The molecule has 0 aliphatic rings. The van der Waals surface area contributed by atoms with Gasteiger partial charge < -0.3 is 5.11 Å². The van der Waals surface area contributed by atoms with Gasteiger partial charge in [-0.15, -0.1) is 0 Å². The van der Waals surface area contributed by atoms with E-state index < -0.39 is 0 Å². The third-order valence-electron chi connectivity index (χ3n) is 2.48. The molecular weight excluding hydrogens is 176 g/mol. The van der Waals surface area contributed by atoms with Crippen LogP contribution in [0.5, 0.6) is 0 Å². The van der Waals surface area contributed by atoms with Crippen molar-refractivity contribution in [3.63, 3.8) is 0 Å². The van der Waals surface area contributed by atoms with Crippen LogP contribution in [-0.4, -0.2) is 10.9 Å². The molecule has 1 aromatic rings. The molecule has 0 amide bonds. The first kappa shape index (κ1) is 10.9. The lowest BCUT2D eigenvalue weighted by Crippen LogP contribution is -2.09. The standard InChI is InChI=1S/C12H16O2/c1-3-9(2)12(14)11-6-4-10(8-13)5-7-11/h4-7,9,13H,3,8H2,1-2H3. The van der Waals surface area contributed by atoms with Gasteiger partial charge in [0.1, 0.15) is 0 Å². The van der Waals surface area contributed by atoms with Crippen molar-refractivity contribution in [2.45, 2.75) is 26.9 Å². The predicted octanol–water partition coefficient (Wildman–Crippen LogP) is 2.41. The molecule has 0 bridgehead atoms. The Labute approximate surface area is 84.6 Å². The molecule has 0 spiro atoms. The summed E-state index contributed by atoms with van der Waals surface area (Å²) in [5.74, 6) is 0.256. The molecule has 0 aromatic heterocycles. The van der Waals surface area contributed by atoms with Crippen LogP contribution in [0.4, 0.5) is 0 Å². The van der Waals surface area contributed by atoms with Crippen LogP contribution in [0.1, 0.15) is 36.2 Å². The van der Waals surface area contributed by atoms with E-state index in [2.05, 4.69) is 0 Å². The zero-order valence-corrected chi connectivity index (χ0v) is 8.66. The van der Waals surface area contributed by atoms with Crippen LogP contribution in [0.3, 0.4) is 0 Å². The van der Waals surface area contributed by atoms with Crippen molar-refractivity contribution in [3.05, 3.63) is 35.4 Å². The highest BCUT2D eigenvalue weighted by molar-refractivity contribution is 5.97. The van der Waals surface area contributed by atoms with Crippen molar-refractivity contribution in [2.75, 3.05) is 0 Å². The molecule has 2 nitrogen and oxygen atoms in total. The Kier molecular flexibility index (Phi) is 3.84. The fourth-order valence-electron chi connectivity index (χ4n) is 1.24. The molecule has 0 radical (unpaired) electrons. The van der Waals surface area contributed by atoms with Gasteiger partial charge in [0.25, 0.3) is 0 Å². The summed E-state index contributed by atoms with van der Waals surface area (Å²) in [5, 5.41) is 8.84. The largest absolute Gasteiger partial charge is 0.392 e. The second-order valence-electron chi connectivity index (χ2n) is 3.53. The van der Waals surface area contributed by atoms with Crippen LogP contribution < -0.4 is 0 Å². The lowest BCUT2D eigenvalue weighted by atomic mass is 9.96. The zero-order chi connectivity index (χ0) is 10.6. The summed E-state index contributed by atoms with van der Waals surface area (Å²) in [4.78, 5) is 11.7. The van der Waals surface area contributed by atoms with Crippen LogP contribution in [0.2, 0.25) is 0 Å². The third kappa shape index (κ3) is 2.42. The monoisotopic (exact) mass is 192 g/mol. The normalized spacial score (nSPS) is 12.5. The van der Waals surface area contributed by atoms with Gasteiger partial charge in [0.05, 0.1) is 6.61 Å². The summed E-state index contributed by atoms with van der Waals surface area (Å²) in [5.41, 5.74) is 1.57. The first-order chi connectivity index (χ1) is 6.69. The summed E-state index contributed by atoms with van der Waals surface area (Å²) >= 11 is 0. The van der Waals surface area contributed by atoms with Crippen LogP contribution >= 0.6 is 0 Å². The summed E-state index contributed by atoms with van der Waals surface area (Å²) in [7, 11) is 0. The number of rotatable bonds is 4. The van der Waals surface area contributed by atoms with E-state index in [4.69, 9.17) is 5.11 Å². The number of hydrogen-bond acceptors (Lipinski definition) is 2. The van der Waals surface area contributed by atoms with Gasteiger partial charge in [-0.3, -0.25) is 4.79 Å². The fraction of sp³-hybridized carbons (Fsp3) is 0.417. The van der Waals surface area contributed by atoms with E-state index in [0.29, 0.717) is 0 Å². The van der Waals surface area contributed by atoms with Crippen molar-refractivity contribution in [2.24, 2.45) is 5.92 Å². The molecule has 1 unspecified atom stereocenters. The lowest BCUT2D eigenvalue weighted by Gasteiger charge is -2.07. The van der Waals surface area contributed by atoms with Crippen molar-refractivity contribution in [1.82, 2.24) is 0 Å². The molecule has 2 heteroatoms. The van der Waals surface area contributed by atoms with Crippen molar-refractivity contribution < 1.29 is 9.90 Å². The minimum Gasteiger partial charge on any atom is -0.392 e. The minimum atomic E-state index is 0.0256. The highest BCUT2D eigenvalue weighted by atomic mass is 16.3. The second-order valence-corrected chi connectivity index (χ2v) is 3.53. The van der Waals surface area contributed by atoms with Crippen molar-refractivity contribution in [3.8, 4) is 0 Å². The van der Waals surface area contributed by atoms with E-state index in [-0.39, 0.29) is 18.3 Å². The van der Waals surface area contributed by atoms with Gasteiger partial charge in [0.2, 0.25) is 0 Å². The van der Waals surface area contributed by atoms with E-state index in [9.17, 15) is 4.79 Å². The molecule has 0 heterocycles. The van der Waals surface area contributed by atoms with Crippen LogP contribution in [0, 0.1) is 5.92 Å². The number of hydrogen-bond donors (Lipinski definition) is 1. The molecule has 76 valence electrons. The number of aliphatic hydroxyl groups excluding tert-OH is 1. The summed E-state index contributed by atoms with van der Waals surface area (Å²) < 4.78 is 0. The average molecular weight is 192 g/mol. The molecule has 0 aliphatic carbocycles. The van der Waals surface area contributed by atoms with E-state index in [1.165, 1.54) is 0 Å². The first-order valence-electron chi connectivity index (χ1n) is 4.93. The third-order valence-corrected chi connectivity index (χ3v) is 2.48. The van der Waals surface area contributed by atoms with Gasteiger partial charge in [-0.1, -0.05) is 38.1 Å². The maximum atomic E-state index is 11.7. The Hall–Kier alpha value is -1.15. The first-order valence-corrected chi connectivity index (χ1v) is 4.93. The molecule has 1 rings (SSSR count). The van der Waals surface area contributed by atoms with Crippen LogP contribution in [-0.2, 0) is 6.61 Å². The molecule has 0 aliphatic heterocycles. The number of ketones is 1. The van der Waals surface area contributed by atoms with E-state index >= 15 is 0 Å². The molecular formula is C12H16O2. The van der Waals surface area contributed by atoms with Gasteiger partial charge in [-0.05, 0) is 12.0 Å². The molecule has 1 N–H and O–H groups in total. The average Bonchev–Trinajstić information content (AvgIpc) is 2.27. The quantitative estimate of drug-likeness (QED) is 0.744. The molecule has 0 saturated carbocycles. The van der Waals surface area contributed by atoms with E-state index in [0.717, 1.165) is 17.5 Å². The van der Waals surface area contributed by atoms with E-state index in [1.54, 1.807) is 24.3 Å². The Bertz CT molecular complexity index is 301. The molecule has 1 atom stereocenters. The topological polar surface area (TPSA) is 37.3 Å². The van der Waals surface area contributed by atoms with Crippen LogP contribution in [0.15, 0.2) is 24.3 Å². The highest BCUT2D eigenvalue weighted by Crippen LogP contribution is 2.12. The fourth-order valence-corrected chi connectivity index (χ4v) is 1.24. The van der Waals surface area contributed by atoms with Crippen LogP contribution in [0.25, 0.3) is 0 Å². The number of aliphatic hydroxyl groups is 1. The maximum absolute atomic E-state index is 11.7. The van der Waals surface area contributed by atoms with Gasteiger partial charge in [0, 0.05) is 11.5 Å². The number of Topliss-reactive ketones (excluding diaryl/α,β-unsaturated/α-hetero) is 1. The molecule has 14 heavy (non-hydrogen) atoms. The summed E-state index contributed by atoms with van der Waals surface area (Å²) in [6, 6.07) is 7.13. The Morgan fingerprint density at radius 3 is 2.36 bits per heavy atom. The summed E-state index contributed by atoms with van der Waals surface area (Å²) in [6.07, 6.45) is 0.862. The number of carbonyl (C=O) groups excluding carboxylic acids is 1. The molecule has 0 saturated heterocycles. The van der Waals surface area contributed by atoms with Crippen molar-refractivity contribution in [1.29, 1.82) is 0 Å². The van der Waals surface area contributed by atoms with Gasteiger partial charge in [-0.25, -0.2) is 0 Å². The van der Waals surface area contributed by atoms with Gasteiger partial charge in [0.15, 0.2) is 5.78 Å².